The van der Waals surface area contributed by atoms with E-state index >= 15 is 0 Å². The zero-order chi connectivity index (χ0) is 18.3. The third-order valence-electron chi connectivity index (χ3n) is 4.16. The molecule has 0 radical (unpaired) electrons. The van der Waals surface area contributed by atoms with E-state index < -0.39 is 5.91 Å². The normalized spacial score (nSPS) is 12.0. The third kappa shape index (κ3) is 2.78. The summed E-state index contributed by atoms with van der Waals surface area (Å²) in [5, 5.41) is 7.05. The number of benzene rings is 2. The highest BCUT2D eigenvalue weighted by molar-refractivity contribution is 7.90. The highest BCUT2D eigenvalue weighted by Gasteiger charge is 2.08. The van der Waals surface area contributed by atoms with E-state index in [1.165, 1.54) is 6.08 Å². The van der Waals surface area contributed by atoms with Crippen molar-refractivity contribution in [2.45, 2.75) is 0 Å². The van der Waals surface area contributed by atoms with Crippen molar-refractivity contribution in [3.63, 3.8) is 0 Å². The number of carbonyl (C=O) groups is 1. The van der Waals surface area contributed by atoms with Gasteiger partial charge in [0, 0.05) is 23.0 Å². The fourth-order valence-corrected chi connectivity index (χ4v) is 3.24. The monoisotopic (exact) mass is 362 g/mol. The molecular weight excluding hydrogens is 348 g/mol. The Labute approximate surface area is 153 Å². The Morgan fingerprint density at radius 1 is 1.12 bits per heavy atom. The minimum Gasteiger partial charge on any atom is -0.366 e. The molecule has 0 aliphatic carbocycles. The Hall–Kier alpha value is -3.32. The van der Waals surface area contributed by atoms with E-state index in [0.29, 0.717) is 10.4 Å². The van der Waals surface area contributed by atoms with Crippen LogP contribution in [0.25, 0.3) is 37.8 Å². The molecule has 0 unspecified atom stereocenters. The lowest BCUT2D eigenvalue weighted by atomic mass is 10.0. The van der Waals surface area contributed by atoms with Gasteiger partial charge >= 0.3 is 0 Å². The molecule has 2 aromatic carbocycles. The second-order valence-electron chi connectivity index (χ2n) is 5.84. The van der Waals surface area contributed by atoms with Crippen LogP contribution < -0.4 is 11.3 Å². The van der Waals surface area contributed by atoms with Gasteiger partial charge in [-0.05, 0) is 46.8 Å². The van der Waals surface area contributed by atoms with Gasteiger partial charge in [0.2, 0.25) is 5.91 Å². The first-order chi connectivity index (χ1) is 12.5. The number of fused-ring (bicyclic) bond motifs is 2. The van der Waals surface area contributed by atoms with Gasteiger partial charge in [-0.2, -0.15) is 5.10 Å². The Kier molecular flexibility index (Phi) is 3.85. The second-order valence-corrected chi connectivity index (χ2v) is 6.30. The van der Waals surface area contributed by atoms with Crippen LogP contribution in [0, 0.1) is 0 Å². The fourth-order valence-electron chi connectivity index (χ4n) is 2.96. The van der Waals surface area contributed by atoms with E-state index in [-0.39, 0.29) is 5.56 Å². The van der Waals surface area contributed by atoms with E-state index in [1.54, 1.807) is 17.1 Å². The molecule has 0 saturated heterocycles. The van der Waals surface area contributed by atoms with Gasteiger partial charge in [-0.1, -0.05) is 12.1 Å². The highest BCUT2D eigenvalue weighted by atomic mass is 32.1. The number of amides is 1. The Morgan fingerprint density at radius 2 is 1.85 bits per heavy atom. The molecule has 4 rings (SSSR count). The van der Waals surface area contributed by atoms with E-state index in [2.05, 4.69) is 22.7 Å². The van der Waals surface area contributed by atoms with Gasteiger partial charge in [0.05, 0.1) is 11.7 Å². The van der Waals surface area contributed by atoms with Gasteiger partial charge in [0.25, 0.3) is 5.56 Å². The van der Waals surface area contributed by atoms with Crippen molar-refractivity contribution in [3.05, 3.63) is 71.3 Å². The maximum Gasteiger partial charge on any atom is 0.255 e. The summed E-state index contributed by atoms with van der Waals surface area (Å²) in [5.41, 5.74) is 7.88. The molecule has 0 fully saturated rings. The zero-order valence-electron chi connectivity index (χ0n) is 13.5. The van der Waals surface area contributed by atoms with E-state index in [9.17, 15) is 9.59 Å². The topological polar surface area (TPSA) is 93.8 Å². The minimum atomic E-state index is -0.582. The molecule has 7 heteroatoms. The Bertz CT molecular complexity index is 1250. The summed E-state index contributed by atoms with van der Waals surface area (Å²) < 4.78 is 1.55. The van der Waals surface area contributed by atoms with Crippen LogP contribution >= 0.6 is 12.6 Å². The number of rotatable bonds is 3. The third-order valence-corrected chi connectivity index (χ3v) is 4.48. The SMILES string of the molecule is NC(=O)/C=C(\S)n1ncc2cc(-c3ccc4c(=O)[nH]ccc4c3)ccc21. The summed E-state index contributed by atoms with van der Waals surface area (Å²) in [5.74, 6) is -0.582. The van der Waals surface area contributed by atoms with Gasteiger partial charge in [-0.15, -0.1) is 12.6 Å². The van der Waals surface area contributed by atoms with Crippen LogP contribution in [0.4, 0.5) is 0 Å². The van der Waals surface area contributed by atoms with Crippen LogP contribution in [0.15, 0.2) is 65.7 Å². The predicted octanol–water partition coefficient (Wildman–Crippen LogP) is 2.76. The van der Waals surface area contributed by atoms with Crippen molar-refractivity contribution < 1.29 is 4.79 Å². The number of H-pyrrole nitrogens is 1. The summed E-state index contributed by atoms with van der Waals surface area (Å²) >= 11 is 4.27. The molecule has 0 aliphatic heterocycles. The number of nitrogens with two attached hydrogens (primary N) is 1. The molecule has 0 aliphatic rings. The number of primary amides is 1. The lowest BCUT2D eigenvalue weighted by Crippen LogP contribution is -2.08. The number of pyridine rings is 1. The maximum absolute atomic E-state index is 11.8. The van der Waals surface area contributed by atoms with Crippen molar-refractivity contribution in [1.29, 1.82) is 0 Å². The molecule has 0 bridgehead atoms. The Balaban J connectivity index is 1.81. The molecule has 3 N–H and O–H groups in total. The quantitative estimate of drug-likeness (QED) is 0.386. The van der Waals surface area contributed by atoms with E-state index in [1.807, 2.05) is 42.5 Å². The number of carbonyl (C=O) groups excluding carboxylic acids is 1. The molecule has 0 atom stereocenters. The number of hydrogen-bond donors (Lipinski definition) is 3. The zero-order valence-corrected chi connectivity index (χ0v) is 14.4. The first kappa shape index (κ1) is 16.2. The molecule has 2 heterocycles. The largest absolute Gasteiger partial charge is 0.366 e. The molecule has 0 saturated carbocycles. The molecule has 4 aromatic rings. The van der Waals surface area contributed by atoms with Crippen molar-refractivity contribution >= 4 is 45.2 Å². The molecule has 26 heavy (non-hydrogen) atoms. The number of thiol groups is 1. The number of nitrogens with one attached hydrogen (secondary N) is 1. The van der Waals surface area contributed by atoms with E-state index in [4.69, 9.17) is 5.73 Å². The molecule has 0 spiro atoms. The molecule has 2 aromatic heterocycles. The van der Waals surface area contributed by atoms with Crippen LogP contribution in [0.5, 0.6) is 0 Å². The van der Waals surface area contributed by atoms with Crippen molar-refractivity contribution in [1.82, 2.24) is 14.8 Å². The number of hydrogen-bond acceptors (Lipinski definition) is 4. The average molecular weight is 362 g/mol. The number of nitrogens with zero attached hydrogens (tertiary/aromatic N) is 2. The smallest absolute Gasteiger partial charge is 0.255 e. The minimum absolute atomic E-state index is 0.103. The van der Waals surface area contributed by atoms with Crippen LogP contribution in [0.2, 0.25) is 0 Å². The van der Waals surface area contributed by atoms with Crippen molar-refractivity contribution in [3.8, 4) is 11.1 Å². The van der Waals surface area contributed by atoms with Gasteiger partial charge in [0.1, 0.15) is 5.03 Å². The van der Waals surface area contributed by atoms with Gasteiger partial charge in [-0.3, -0.25) is 9.59 Å². The van der Waals surface area contributed by atoms with Crippen molar-refractivity contribution in [2.24, 2.45) is 5.73 Å². The highest BCUT2D eigenvalue weighted by Crippen LogP contribution is 2.28. The summed E-state index contributed by atoms with van der Waals surface area (Å²) in [4.78, 5) is 25.5. The molecule has 1 amide bonds. The van der Waals surface area contributed by atoms with Crippen LogP contribution in [0.1, 0.15) is 0 Å². The summed E-state index contributed by atoms with van der Waals surface area (Å²) in [6.45, 7) is 0. The number of aromatic amines is 1. The Morgan fingerprint density at radius 3 is 2.62 bits per heavy atom. The number of aromatic nitrogens is 3. The lowest BCUT2D eigenvalue weighted by Gasteiger charge is -2.06. The molecule has 128 valence electrons. The standard InChI is InChI=1S/C19H14N4O2S/c20-17(24)9-18(26)23-16-4-2-12(8-14(16)10-22-23)11-1-3-15-13(7-11)5-6-21-19(15)25/h1-10,26H,(H2,20,24)(H,21,25)/b18-9-. The first-order valence-corrected chi connectivity index (χ1v) is 8.28. The molecule has 6 nitrogen and oxygen atoms in total. The van der Waals surface area contributed by atoms with Gasteiger partial charge in [-0.25, -0.2) is 4.68 Å². The fraction of sp³-hybridized carbons (Fsp3) is 0. The van der Waals surface area contributed by atoms with Crippen molar-refractivity contribution in [2.75, 3.05) is 0 Å². The van der Waals surface area contributed by atoms with E-state index in [0.717, 1.165) is 27.4 Å². The van der Waals surface area contributed by atoms with Gasteiger partial charge < -0.3 is 10.7 Å². The lowest BCUT2D eigenvalue weighted by molar-refractivity contribution is -0.113. The van der Waals surface area contributed by atoms with Gasteiger partial charge in [0.15, 0.2) is 0 Å². The maximum atomic E-state index is 11.8. The second kappa shape index (κ2) is 6.20. The average Bonchev–Trinajstić information content (AvgIpc) is 3.04. The summed E-state index contributed by atoms with van der Waals surface area (Å²) in [7, 11) is 0. The molecular formula is C19H14N4O2S. The summed E-state index contributed by atoms with van der Waals surface area (Å²) in [6, 6.07) is 13.5. The van der Waals surface area contributed by atoms with Crippen LogP contribution in [-0.4, -0.2) is 20.7 Å². The predicted molar refractivity (Wildman–Crippen MR) is 106 cm³/mol. The van der Waals surface area contributed by atoms with Crippen LogP contribution in [0.3, 0.4) is 0 Å². The van der Waals surface area contributed by atoms with Crippen LogP contribution in [-0.2, 0) is 4.79 Å². The first-order valence-electron chi connectivity index (χ1n) is 7.83. The summed E-state index contributed by atoms with van der Waals surface area (Å²) in [6.07, 6.45) is 4.56.